The average molecular weight is 554 g/mol. The maximum atomic E-state index is 12.7. The number of amides is 1. The van der Waals surface area contributed by atoms with Crippen LogP contribution in [0.25, 0.3) is 11.5 Å². The minimum atomic E-state index is -3.18. The van der Waals surface area contributed by atoms with Crippen molar-refractivity contribution < 1.29 is 42.3 Å². The van der Waals surface area contributed by atoms with Gasteiger partial charge in [0, 0.05) is 45.4 Å². The van der Waals surface area contributed by atoms with E-state index in [1.54, 1.807) is 20.0 Å². The number of carboxylic acids is 2. The second kappa shape index (κ2) is 14.2. The van der Waals surface area contributed by atoms with Crippen molar-refractivity contribution in [2.24, 2.45) is 0 Å². The number of ether oxygens (including phenoxy) is 1. The Morgan fingerprint density at radius 2 is 1.79 bits per heavy atom. The molecule has 38 heavy (non-hydrogen) atoms. The summed E-state index contributed by atoms with van der Waals surface area (Å²) in [6.07, 6.45) is 3.02. The molecule has 1 aromatic heterocycles. The summed E-state index contributed by atoms with van der Waals surface area (Å²) >= 11 is 0. The number of carbonyl (C=O) groups excluding carboxylic acids is 1. The van der Waals surface area contributed by atoms with Crippen molar-refractivity contribution in [3.05, 3.63) is 42.2 Å². The molecular formula is C23H31N5O9S. The lowest BCUT2D eigenvalue weighted by Crippen LogP contribution is -2.42. The van der Waals surface area contributed by atoms with Crippen molar-refractivity contribution in [2.75, 3.05) is 44.4 Å². The van der Waals surface area contributed by atoms with E-state index in [-0.39, 0.29) is 6.10 Å². The SMILES string of the molecule is Cc1noc(-c2ccccc2N(C)C(=O)OC2CCN(CCNS(C)(=O)=O)CC2)n1.O=C(O)/C=C\C(=O)O. The number of aryl methyl sites for hydroxylation is 1. The summed E-state index contributed by atoms with van der Waals surface area (Å²) in [7, 11) is -1.53. The van der Waals surface area contributed by atoms with Crippen LogP contribution in [-0.2, 0) is 24.3 Å². The summed E-state index contributed by atoms with van der Waals surface area (Å²) in [5.74, 6) is -1.65. The lowest BCUT2D eigenvalue weighted by atomic mass is 10.1. The fourth-order valence-corrected chi connectivity index (χ4v) is 3.92. The van der Waals surface area contributed by atoms with E-state index in [1.807, 2.05) is 18.2 Å². The van der Waals surface area contributed by atoms with Gasteiger partial charge >= 0.3 is 18.0 Å². The number of aliphatic carboxylic acids is 2. The standard InChI is InChI=1S/C19H27N5O5S.C4H4O4/c1-14-21-18(29-22-14)16-6-4-5-7-17(16)23(2)19(25)28-15-8-11-24(12-9-15)13-10-20-30(3,26)27;5-3(6)1-2-4(7)8/h4-7,15,20H,8-13H2,1-3H3;1-2H,(H,5,6)(H,7,8)/b;2-1-. The topological polar surface area (TPSA) is 192 Å². The Morgan fingerprint density at radius 1 is 1.18 bits per heavy atom. The van der Waals surface area contributed by atoms with Crippen molar-refractivity contribution >= 4 is 33.7 Å². The van der Waals surface area contributed by atoms with Crippen LogP contribution in [0.2, 0.25) is 0 Å². The molecule has 1 aliphatic heterocycles. The van der Waals surface area contributed by atoms with Gasteiger partial charge in [0.2, 0.25) is 10.0 Å². The normalized spacial score (nSPS) is 14.5. The number of rotatable bonds is 9. The first kappa shape index (κ1) is 30.4. The Bertz CT molecular complexity index is 1220. The molecule has 1 aliphatic rings. The third-order valence-corrected chi connectivity index (χ3v) is 5.99. The molecule has 2 heterocycles. The molecule has 2 aromatic rings. The minimum Gasteiger partial charge on any atom is -0.478 e. The Morgan fingerprint density at radius 3 is 2.32 bits per heavy atom. The third-order valence-electron chi connectivity index (χ3n) is 5.26. The van der Waals surface area contributed by atoms with Gasteiger partial charge < -0.3 is 24.4 Å². The largest absolute Gasteiger partial charge is 0.478 e. The van der Waals surface area contributed by atoms with Crippen molar-refractivity contribution in [3.63, 3.8) is 0 Å². The number of carboxylic acid groups (broad SMARTS) is 2. The number of hydrogen-bond acceptors (Lipinski definition) is 10. The monoisotopic (exact) mass is 553 g/mol. The molecule has 0 bridgehead atoms. The second-order valence-corrected chi connectivity index (χ2v) is 10.2. The molecule has 0 radical (unpaired) electrons. The molecule has 0 saturated carbocycles. The van der Waals surface area contributed by atoms with Crippen LogP contribution in [0.1, 0.15) is 18.7 Å². The number of carbonyl (C=O) groups is 3. The zero-order valence-corrected chi connectivity index (χ0v) is 22.0. The molecule has 1 fully saturated rings. The summed E-state index contributed by atoms with van der Waals surface area (Å²) in [4.78, 5) is 39.7. The highest BCUT2D eigenvalue weighted by atomic mass is 32.2. The number of likely N-dealkylation sites (tertiary alicyclic amines) is 1. The quantitative estimate of drug-likeness (QED) is 0.378. The second-order valence-electron chi connectivity index (χ2n) is 8.32. The molecule has 0 aliphatic carbocycles. The summed E-state index contributed by atoms with van der Waals surface area (Å²) in [6, 6.07) is 7.28. The van der Waals surface area contributed by atoms with E-state index in [9.17, 15) is 22.8 Å². The fourth-order valence-electron chi connectivity index (χ4n) is 3.46. The smallest absolute Gasteiger partial charge is 0.414 e. The highest BCUT2D eigenvalue weighted by molar-refractivity contribution is 7.88. The van der Waals surface area contributed by atoms with E-state index < -0.39 is 28.1 Å². The number of para-hydroxylation sites is 1. The average Bonchev–Trinajstić information content (AvgIpc) is 3.29. The number of benzene rings is 1. The van der Waals surface area contributed by atoms with E-state index in [4.69, 9.17) is 19.5 Å². The van der Waals surface area contributed by atoms with Gasteiger partial charge in [-0.1, -0.05) is 17.3 Å². The number of hydrogen-bond donors (Lipinski definition) is 3. The predicted octanol–water partition coefficient (Wildman–Crippen LogP) is 1.34. The lowest BCUT2D eigenvalue weighted by Gasteiger charge is -2.32. The molecule has 3 rings (SSSR count). The number of anilines is 1. The number of aromatic nitrogens is 2. The molecule has 208 valence electrons. The summed E-state index contributed by atoms with van der Waals surface area (Å²) in [5, 5.41) is 19.4. The Kier molecular flexibility index (Phi) is 11.4. The van der Waals surface area contributed by atoms with Crippen molar-refractivity contribution in [1.82, 2.24) is 19.8 Å². The maximum Gasteiger partial charge on any atom is 0.414 e. The molecule has 1 amide bonds. The van der Waals surface area contributed by atoms with Gasteiger partial charge in [-0.15, -0.1) is 0 Å². The van der Waals surface area contributed by atoms with E-state index in [0.29, 0.717) is 61.0 Å². The summed E-state index contributed by atoms with van der Waals surface area (Å²) in [5.41, 5.74) is 1.28. The molecule has 15 heteroatoms. The number of piperidine rings is 1. The van der Waals surface area contributed by atoms with E-state index >= 15 is 0 Å². The van der Waals surface area contributed by atoms with Crippen molar-refractivity contribution in [2.45, 2.75) is 25.9 Å². The van der Waals surface area contributed by atoms with Gasteiger partial charge in [0.25, 0.3) is 5.89 Å². The van der Waals surface area contributed by atoms with Gasteiger partial charge in [-0.25, -0.2) is 27.5 Å². The maximum absolute atomic E-state index is 12.7. The van der Waals surface area contributed by atoms with Gasteiger partial charge in [-0.2, -0.15) is 4.98 Å². The molecule has 1 saturated heterocycles. The molecule has 14 nitrogen and oxygen atoms in total. The van der Waals surface area contributed by atoms with Crippen LogP contribution in [0.3, 0.4) is 0 Å². The molecule has 1 aromatic carbocycles. The van der Waals surface area contributed by atoms with Crippen molar-refractivity contribution in [3.8, 4) is 11.5 Å². The molecular weight excluding hydrogens is 522 g/mol. The van der Waals surface area contributed by atoms with Gasteiger partial charge in [0.05, 0.1) is 17.5 Å². The van der Waals surface area contributed by atoms with Crippen LogP contribution in [0.5, 0.6) is 0 Å². The van der Waals surface area contributed by atoms with Crippen LogP contribution < -0.4 is 9.62 Å². The number of nitrogens with zero attached hydrogens (tertiary/aromatic N) is 4. The predicted molar refractivity (Wildman–Crippen MR) is 136 cm³/mol. The highest BCUT2D eigenvalue weighted by Crippen LogP contribution is 2.29. The van der Waals surface area contributed by atoms with Crippen LogP contribution in [0.4, 0.5) is 10.5 Å². The van der Waals surface area contributed by atoms with Gasteiger partial charge in [-0.05, 0) is 31.9 Å². The van der Waals surface area contributed by atoms with E-state index in [2.05, 4.69) is 19.8 Å². The fraction of sp³-hybridized carbons (Fsp3) is 0.435. The molecule has 0 spiro atoms. The van der Waals surface area contributed by atoms with Gasteiger partial charge in [-0.3, -0.25) is 4.90 Å². The minimum absolute atomic E-state index is 0.183. The lowest BCUT2D eigenvalue weighted by molar-refractivity contribution is -0.134. The van der Waals surface area contributed by atoms with E-state index in [0.717, 1.165) is 19.3 Å². The van der Waals surface area contributed by atoms with E-state index in [1.165, 1.54) is 4.90 Å². The van der Waals surface area contributed by atoms with Crippen LogP contribution >= 0.6 is 0 Å². The first-order valence-corrected chi connectivity index (χ1v) is 13.4. The number of sulfonamides is 1. The summed E-state index contributed by atoms with van der Waals surface area (Å²) < 4.78 is 35.7. The Labute approximate surface area is 219 Å². The van der Waals surface area contributed by atoms with Crippen LogP contribution in [0, 0.1) is 6.92 Å². The molecule has 3 N–H and O–H groups in total. The van der Waals surface area contributed by atoms with Crippen molar-refractivity contribution in [1.29, 1.82) is 0 Å². The Balaban J connectivity index is 0.000000550. The summed E-state index contributed by atoms with van der Waals surface area (Å²) in [6.45, 7) is 4.22. The van der Waals surface area contributed by atoms with Gasteiger partial charge in [0.1, 0.15) is 6.10 Å². The van der Waals surface area contributed by atoms with Gasteiger partial charge in [0.15, 0.2) is 5.82 Å². The third kappa shape index (κ3) is 10.7. The highest BCUT2D eigenvalue weighted by Gasteiger charge is 2.25. The Hall–Kier alpha value is -3.82. The zero-order chi connectivity index (χ0) is 28.3. The molecule has 0 atom stereocenters. The first-order chi connectivity index (χ1) is 17.9. The zero-order valence-electron chi connectivity index (χ0n) is 21.2. The van der Waals surface area contributed by atoms with Crippen LogP contribution in [-0.4, -0.2) is 97.3 Å². The molecule has 0 unspecified atom stereocenters. The van der Waals surface area contributed by atoms with Crippen LogP contribution in [0.15, 0.2) is 40.9 Å². The number of nitrogens with one attached hydrogen (secondary N) is 1. The first-order valence-electron chi connectivity index (χ1n) is 11.5.